The molecule has 38 heavy (non-hydrogen) atoms. The monoisotopic (exact) mass is 576 g/mol. The predicted molar refractivity (Wildman–Crippen MR) is 162 cm³/mol. The maximum Gasteiger partial charge on any atom is 0.0922 e. The fraction of sp³-hybridized carbons (Fsp3) is 0.375. The van der Waals surface area contributed by atoms with E-state index in [-0.39, 0.29) is 0 Å². The summed E-state index contributed by atoms with van der Waals surface area (Å²) >= 11 is 7.81. The number of aryl methyl sites for hydroxylation is 2. The smallest absolute Gasteiger partial charge is 0.0922 e. The second kappa shape index (κ2) is 10.1. The normalized spacial score (nSPS) is 24.9. The number of fused-ring (bicyclic) bond motifs is 6. The highest BCUT2D eigenvalue weighted by atomic mass is 32.2. The lowest BCUT2D eigenvalue weighted by Gasteiger charge is -2.34. The van der Waals surface area contributed by atoms with Crippen LogP contribution in [0.25, 0.3) is 0 Å². The van der Waals surface area contributed by atoms with Crippen molar-refractivity contribution in [3.63, 3.8) is 0 Å². The van der Waals surface area contributed by atoms with E-state index in [1.165, 1.54) is 54.6 Å². The van der Waals surface area contributed by atoms with Crippen LogP contribution in [0.3, 0.4) is 0 Å². The number of hydrogen-bond acceptors (Lipinski definition) is 6. The molecule has 3 aliphatic rings. The topological polar surface area (TPSA) is 40.5 Å². The van der Waals surface area contributed by atoms with Gasteiger partial charge in [0.15, 0.2) is 0 Å². The zero-order valence-corrected chi connectivity index (χ0v) is 24.9. The van der Waals surface area contributed by atoms with E-state index in [1.54, 1.807) is 0 Å². The van der Waals surface area contributed by atoms with Crippen LogP contribution >= 0.6 is 46.2 Å². The minimum atomic E-state index is -0.429. The van der Waals surface area contributed by atoms with Crippen LogP contribution in [0.1, 0.15) is 78.6 Å². The molecule has 196 valence electrons. The van der Waals surface area contributed by atoms with Crippen molar-refractivity contribution in [3.8, 4) is 0 Å². The average Bonchev–Trinajstić information content (AvgIpc) is 3.65. The molecule has 1 saturated carbocycles. The first kappa shape index (κ1) is 25.4. The molecule has 6 heteroatoms. The zero-order chi connectivity index (χ0) is 26.0. The molecule has 2 aromatic carbocycles. The lowest BCUT2D eigenvalue weighted by Crippen LogP contribution is -2.28. The standard InChI is InChI=1S/C32H32O2S4/c1-17-3-7-19(8-4-17)11-23(33)27-15-29-31(37-27)21-13-26-22(14-25(21)35-29)32-30(36-26)16-28(38-32)24(34)12-20-9-5-18(2)6-10-20/h3-10,15-16,21-26,33-34H,11-14H2,1-2H3. The molecule has 0 bridgehead atoms. The molecule has 1 fully saturated rings. The number of aliphatic hydroxyl groups excluding tert-OH is 2. The van der Waals surface area contributed by atoms with Crippen molar-refractivity contribution < 1.29 is 10.2 Å². The molecule has 7 rings (SSSR count). The minimum absolute atomic E-state index is 0.429. The fourth-order valence-electron chi connectivity index (χ4n) is 6.21. The van der Waals surface area contributed by atoms with Crippen molar-refractivity contribution in [1.29, 1.82) is 0 Å². The molecule has 6 atom stereocenters. The van der Waals surface area contributed by atoms with Gasteiger partial charge in [0, 0.05) is 64.5 Å². The first-order chi connectivity index (χ1) is 18.4. The van der Waals surface area contributed by atoms with Gasteiger partial charge in [-0.3, -0.25) is 0 Å². The first-order valence-corrected chi connectivity index (χ1v) is 16.9. The minimum Gasteiger partial charge on any atom is -0.387 e. The molecule has 1 aliphatic carbocycles. The van der Waals surface area contributed by atoms with Crippen LogP contribution in [-0.4, -0.2) is 20.7 Å². The second-order valence-electron chi connectivity index (χ2n) is 11.2. The summed E-state index contributed by atoms with van der Waals surface area (Å²) in [6, 6.07) is 21.6. The van der Waals surface area contributed by atoms with Gasteiger partial charge in [-0.1, -0.05) is 59.7 Å². The highest BCUT2D eigenvalue weighted by Crippen LogP contribution is 2.64. The predicted octanol–water partition coefficient (Wildman–Crippen LogP) is 8.59. The van der Waals surface area contributed by atoms with Crippen molar-refractivity contribution >= 4 is 46.2 Å². The quantitative estimate of drug-likeness (QED) is 0.241. The number of thiophene rings is 2. The molecule has 0 radical (unpaired) electrons. The van der Waals surface area contributed by atoms with Crippen molar-refractivity contribution in [2.75, 3.05) is 0 Å². The van der Waals surface area contributed by atoms with Crippen LogP contribution in [0.15, 0.2) is 70.5 Å². The SMILES string of the molecule is Cc1ccc(CC(O)c2cc3c(s2)C2CC4Sc5cc(C(O)Cc6ccc(C)cc6)sc5C4CC2S3)cc1. The van der Waals surface area contributed by atoms with Gasteiger partial charge >= 0.3 is 0 Å². The summed E-state index contributed by atoms with van der Waals surface area (Å²) in [7, 11) is 0. The Morgan fingerprint density at radius 3 is 1.45 bits per heavy atom. The zero-order valence-electron chi connectivity index (χ0n) is 21.6. The summed E-state index contributed by atoms with van der Waals surface area (Å²) in [6.45, 7) is 4.20. The second-order valence-corrected chi connectivity index (χ2v) is 16.0. The highest BCUT2D eigenvalue weighted by Gasteiger charge is 2.48. The van der Waals surface area contributed by atoms with Gasteiger partial charge < -0.3 is 10.2 Å². The molecule has 0 amide bonds. The summed E-state index contributed by atoms with van der Waals surface area (Å²) in [5.41, 5.74) is 4.90. The Bertz CT molecular complexity index is 1340. The number of rotatable bonds is 6. The van der Waals surface area contributed by atoms with E-state index in [0.717, 1.165) is 9.75 Å². The summed E-state index contributed by atoms with van der Waals surface area (Å²) < 4.78 is 0. The summed E-state index contributed by atoms with van der Waals surface area (Å²) in [6.07, 6.45) is 2.93. The molecule has 2 aromatic heterocycles. The van der Waals surface area contributed by atoms with Crippen LogP contribution in [-0.2, 0) is 12.8 Å². The molecule has 2 N–H and O–H groups in total. The molecule has 6 unspecified atom stereocenters. The third kappa shape index (κ3) is 4.71. The van der Waals surface area contributed by atoms with Gasteiger partial charge in [0.25, 0.3) is 0 Å². The Labute approximate surface area is 241 Å². The van der Waals surface area contributed by atoms with E-state index in [1.807, 2.05) is 22.7 Å². The number of hydrogen-bond donors (Lipinski definition) is 2. The van der Waals surface area contributed by atoms with Gasteiger partial charge in [0.05, 0.1) is 12.2 Å². The van der Waals surface area contributed by atoms with Crippen molar-refractivity contribution in [2.24, 2.45) is 0 Å². The van der Waals surface area contributed by atoms with E-state index in [2.05, 4.69) is 98.0 Å². The van der Waals surface area contributed by atoms with Crippen molar-refractivity contribution in [2.45, 2.75) is 83.9 Å². The van der Waals surface area contributed by atoms with Crippen molar-refractivity contribution in [1.82, 2.24) is 0 Å². The van der Waals surface area contributed by atoms with Crippen molar-refractivity contribution in [3.05, 3.63) is 102 Å². The molecule has 2 nitrogen and oxygen atoms in total. The first-order valence-electron chi connectivity index (χ1n) is 13.5. The molecule has 0 saturated heterocycles. The van der Waals surface area contributed by atoms with Crippen LogP contribution in [0.2, 0.25) is 0 Å². The maximum absolute atomic E-state index is 11.0. The van der Waals surface area contributed by atoms with Gasteiger partial charge in [0.1, 0.15) is 0 Å². The molecule has 4 aromatic rings. The van der Waals surface area contributed by atoms with Crippen LogP contribution in [0, 0.1) is 13.8 Å². The van der Waals surface area contributed by atoms with E-state index in [0.29, 0.717) is 35.2 Å². The Morgan fingerprint density at radius 2 is 1.05 bits per heavy atom. The largest absolute Gasteiger partial charge is 0.387 e. The van der Waals surface area contributed by atoms with Gasteiger partial charge in [-0.15, -0.1) is 46.2 Å². The van der Waals surface area contributed by atoms with Crippen LogP contribution in [0.4, 0.5) is 0 Å². The highest BCUT2D eigenvalue weighted by molar-refractivity contribution is 8.01. The van der Waals surface area contributed by atoms with Gasteiger partial charge in [-0.25, -0.2) is 0 Å². The lowest BCUT2D eigenvalue weighted by molar-refractivity contribution is 0.182. The number of benzene rings is 2. The van der Waals surface area contributed by atoms with Gasteiger partial charge in [0.2, 0.25) is 0 Å². The van der Waals surface area contributed by atoms with Crippen LogP contribution in [0.5, 0.6) is 0 Å². The Kier molecular flexibility index (Phi) is 6.78. The third-order valence-corrected chi connectivity index (χ3v) is 14.2. The molecule has 4 heterocycles. The summed E-state index contributed by atoms with van der Waals surface area (Å²) in [5.74, 6) is 1.21. The summed E-state index contributed by atoms with van der Waals surface area (Å²) in [4.78, 5) is 8.09. The third-order valence-electron chi connectivity index (χ3n) is 8.34. The number of thioether (sulfide) groups is 2. The fourth-order valence-corrected chi connectivity index (χ4v) is 12.5. The average molecular weight is 577 g/mol. The summed E-state index contributed by atoms with van der Waals surface area (Å²) in [5, 5.41) is 23.3. The molecule has 2 aliphatic heterocycles. The lowest BCUT2D eigenvalue weighted by atomic mass is 9.80. The molecule has 0 spiro atoms. The Morgan fingerprint density at radius 1 is 0.658 bits per heavy atom. The number of aliphatic hydroxyl groups is 2. The molecular formula is C32H32O2S4. The van der Waals surface area contributed by atoms with Gasteiger partial charge in [-0.05, 0) is 49.9 Å². The Balaban J connectivity index is 1.03. The van der Waals surface area contributed by atoms with E-state index < -0.39 is 12.2 Å². The van der Waals surface area contributed by atoms with Crippen LogP contribution < -0.4 is 0 Å². The molecular weight excluding hydrogens is 545 g/mol. The van der Waals surface area contributed by atoms with E-state index >= 15 is 0 Å². The van der Waals surface area contributed by atoms with E-state index in [4.69, 9.17) is 0 Å². The van der Waals surface area contributed by atoms with E-state index in [9.17, 15) is 10.2 Å². The van der Waals surface area contributed by atoms with Gasteiger partial charge in [-0.2, -0.15) is 0 Å². The Hall–Kier alpha value is -1.54. The maximum atomic E-state index is 11.0.